The predicted molar refractivity (Wildman–Crippen MR) is 102 cm³/mol. The molecule has 0 saturated heterocycles. The molecule has 10 heteroatoms. The fourth-order valence-electron chi connectivity index (χ4n) is 2.19. The second-order valence-electron chi connectivity index (χ2n) is 5.64. The molecule has 0 fully saturated rings. The molecule has 26 heavy (non-hydrogen) atoms. The van der Waals surface area contributed by atoms with Crippen molar-refractivity contribution < 1.29 is 13.3 Å². The molecule has 146 valence electrons. The van der Waals surface area contributed by atoms with Gasteiger partial charge in [0.05, 0.1) is 9.82 Å². The standard InChI is InChI=1S/C16H27N5O4S/c1-3-4-5-6-10-18-16(17-2)19-11-12-20-26(24,25)15-9-7-8-14(13-15)21(22)23/h7-9,13,20H,3-6,10-12H2,1-2H3,(H2,17,18,19). The first kappa shape index (κ1) is 21.8. The summed E-state index contributed by atoms with van der Waals surface area (Å²) in [6.07, 6.45) is 4.59. The molecule has 0 aliphatic rings. The van der Waals surface area contributed by atoms with Gasteiger partial charge in [-0.1, -0.05) is 32.3 Å². The summed E-state index contributed by atoms with van der Waals surface area (Å²) in [4.78, 5) is 14.1. The van der Waals surface area contributed by atoms with E-state index in [1.165, 1.54) is 31.0 Å². The van der Waals surface area contributed by atoms with Crippen LogP contribution in [-0.2, 0) is 10.0 Å². The Labute approximate surface area is 154 Å². The summed E-state index contributed by atoms with van der Waals surface area (Å²) < 4.78 is 26.8. The quantitative estimate of drug-likeness (QED) is 0.175. The third kappa shape index (κ3) is 7.79. The number of non-ortho nitro benzene ring substituents is 1. The van der Waals surface area contributed by atoms with Crippen LogP contribution in [0.5, 0.6) is 0 Å². The van der Waals surface area contributed by atoms with Crippen LogP contribution in [0.25, 0.3) is 0 Å². The number of nitrogens with one attached hydrogen (secondary N) is 3. The zero-order valence-electron chi connectivity index (χ0n) is 15.2. The van der Waals surface area contributed by atoms with Crippen LogP contribution < -0.4 is 15.4 Å². The number of nitro benzene ring substituents is 1. The lowest BCUT2D eigenvalue weighted by Crippen LogP contribution is -2.41. The van der Waals surface area contributed by atoms with Gasteiger partial charge in [-0.25, -0.2) is 13.1 Å². The number of aliphatic imine (C=N–C) groups is 1. The molecule has 0 amide bonds. The Morgan fingerprint density at radius 2 is 1.88 bits per heavy atom. The Bertz CT molecular complexity index is 706. The lowest BCUT2D eigenvalue weighted by molar-refractivity contribution is -0.385. The number of sulfonamides is 1. The minimum atomic E-state index is -3.80. The van der Waals surface area contributed by atoms with Crippen molar-refractivity contribution in [1.29, 1.82) is 0 Å². The lowest BCUT2D eigenvalue weighted by atomic mass is 10.2. The smallest absolute Gasteiger partial charge is 0.270 e. The van der Waals surface area contributed by atoms with Crippen molar-refractivity contribution in [3.63, 3.8) is 0 Å². The molecular weight excluding hydrogens is 358 g/mol. The zero-order chi connectivity index (χ0) is 19.4. The van der Waals surface area contributed by atoms with E-state index in [-0.39, 0.29) is 17.1 Å². The van der Waals surface area contributed by atoms with Gasteiger partial charge < -0.3 is 10.6 Å². The number of hydrogen-bond donors (Lipinski definition) is 3. The number of guanidine groups is 1. The zero-order valence-corrected chi connectivity index (χ0v) is 16.0. The maximum absolute atomic E-state index is 12.2. The molecule has 0 unspecified atom stereocenters. The van der Waals surface area contributed by atoms with Gasteiger partial charge in [0.2, 0.25) is 10.0 Å². The van der Waals surface area contributed by atoms with Crippen molar-refractivity contribution in [2.24, 2.45) is 4.99 Å². The lowest BCUT2D eigenvalue weighted by Gasteiger charge is -2.12. The monoisotopic (exact) mass is 385 g/mol. The third-order valence-corrected chi connectivity index (χ3v) is 5.05. The van der Waals surface area contributed by atoms with Crippen LogP contribution in [0.15, 0.2) is 34.2 Å². The van der Waals surface area contributed by atoms with Crippen LogP contribution in [0, 0.1) is 10.1 Å². The molecule has 0 heterocycles. The molecule has 0 aliphatic heterocycles. The Balaban J connectivity index is 2.41. The first-order valence-electron chi connectivity index (χ1n) is 8.59. The summed E-state index contributed by atoms with van der Waals surface area (Å²) in [5, 5.41) is 16.9. The van der Waals surface area contributed by atoms with Gasteiger partial charge >= 0.3 is 0 Å². The number of nitro groups is 1. The van der Waals surface area contributed by atoms with E-state index in [2.05, 4.69) is 27.3 Å². The van der Waals surface area contributed by atoms with Crippen LogP contribution in [0.3, 0.4) is 0 Å². The number of nitrogens with zero attached hydrogens (tertiary/aromatic N) is 2. The molecule has 1 aromatic rings. The fraction of sp³-hybridized carbons (Fsp3) is 0.562. The molecule has 0 radical (unpaired) electrons. The summed E-state index contributed by atoms with van der Waals surface area (Å²) in [6.45, 7) is 3.42. The Kier molecular flexibility index (Phi) is 9.60. The van der Waals surface area contributed by atoms with Gasteiger partial charge in [0.1, 0.15) is 0 Å². The summed E-state index contributed by atoms with van der Waals surface area (Å²) in [6, 6.07) is 4.94. The van der Waals surface area contributed by atoms with Crippen LogP contribution in [-0.4, -0.2) is 46.0 Å². The van der Waals surface area contributed by atoms with Crippen molar-refractivity contribution in [1.82, 2.24) is 15.4 Å². The number of unbranched alkanes of at least 4 members (excludes halogenated alkanes) is 3. The Morgan fingerprint density at radius 1 is 1.15 bits per heavy atom. The molecule has 0 bridgehead atoms. The van der Waals surface area contributed by atoms with Gasteiger partial charge in [0.25, 0.3) is 5.69 Å². The second kappa shape index (κ2) is 11.4. The van der Waals surface area contributed by atoms with Crippen LogP contribution in [0.2, 0.25) is 0 Å². The van der Waals surface area contributed by atoms with Crippen LogP contribution in [0.1, 0.15) is 32.6 Å². The van der Waals surface area contributed by atoms with E-state index in [1.807, 2.05) is 0 Å². The van der Waals surface area contributed by atoms with Crippen molar-refractivity contribution in [3.8, 4) is 0 Å². The van der Waals surface area contributed by atoms with Gasteiger partial charge in [0.15, 0.2) is 5.96 Å². The molecule has 0 atom stereocenters. The summed E-state index contributed by atoms with van der Waals surface area (Å²) in [5.74, 6) is 0.607. The van der Waals surface area contributed by atoms with Crippen LogP contribution >= 0.6 is 0 Å². The Hall–Kier alpha value is -2.20. The summed E-state index contributed by atoms with van der Waals surface area (Å²) in [7, 11) is -2.16. The van der Waals surface area contributed by atoms with Crippen LogP contribution in [0.4, 0.5) is 5.69 Å². The van der Waals surface area contributed by atoms with Gasteiger partial charge in [-0.05, 0) is 12.5 Å². The summed E-state index contributed by atoms with van der Waals surface area (Å²) in [5.41, 5.74) is -0.265. The number of hydrogen-bond acceptors (Lipinski definition) is 5. The van der Waals surface area contributed by atoms with Crippen molar-refractivity contribution in [3.05, 3.63) is 34.4 Å². The first-order chi connectivity index (χ1) is 12.4. The van der Waals surface area contributed by atoms with Crippen molar-refractivity contribution in [2.45, 2.75) is 37.5 Å². The maximum atomic E-state index is 12.2. The van der Waals surface area contributed by atoms with E-state index < -0.39 is 14.9 Å². The van der Waals surface area contributed by atoms with Gasteiger partial charge in [-0.15, -0.1) is 0 Å². The number of benzene rings is 1. The van der Waals surface area contributed by atoms with E-state index in [0.717, 1.165) is 25.5 Å². The average Bonchev–Trinajstić information content (AvgIpc) is 2.63. The Morgan fingerprint density at radius 3 is 2.54 bits per heavy atom. The van der Waals surface area contributed by atoms with E-state index in [0.29, 0.717) is 12.5 Å². The SMILES string of the molecule is CCCCCCNC(=NC)NCCNS(=O)(=O)c1cccc([N+](=O)[O-])c1. The highest BCUT2D eigenvalue weighted by atomic mass is 32.2. The van der Waals surface area contributed by atoms with E-state index in [4.69, 9.17) is 0 Å². The highest BCUT2D eigenvalue weighted by molar-refractivity contribution is 7.89. The molecular formula is C16H27N5O4S. The molecule has 0 spiro atoms. The molecule has 9 nitrogen and oxygen atoms in total. The van der Waals surface area contributed by atoms with Crippen molar-refractivity contribution in [2.75, 3.05) is 26.7 Å². The normalized spacial score (nSPS) is 12.0. The minimum absolute atomic E-state index is 0.127. The largest absolute Gasteiger partial charge is 0.356 e. The van der Waals surface area contributed by atoms with Gasteiger partial charge in [-0.3, -0.25) is 15.1 Å². The molecule has 0 aromatic heterocycles. The molecule has 0 aliphatic carbocycles. The summed E-state index contributed by atoms with van der Waals surface area (Å²) >= 11 is 0. The minimum Gasteiger partial charge on any atom is -0.356 e. The number of rotatable bonds is 11. The average molecular weight is 385 g/mol. The molecule has 0 saturated carbocycles. The van der Waals surface area contributed by atoms with E-state index in [9.17, 15) is 18.5 Å². The topological polar surface area (TPSA) is 126 Å². The third-order valence-electron chi connectivity index (χ3n) is 3.59. The highest BCUT2D eigenvalue weighted by Gasteiger charge is 2.16. The van der Waals surface area contributed by atoms with E-state index >= 15 is 0 Å². The highest BCUT2D eigenvalue weighted by Crippen LogP contribution is 2.16. The van der Waals surface area contributed by atoms with Crippen molar-refractivity contribution >= 4 is 21.7 Å². The van der Waals surface area contributed by atoms with Gasteiger partial charge in [-0.2, -0.15) is 0 Å². The maximum Gasteiger partial charge on any atom is 0.270 e. The second-order valence-corrected chi connectivity index (χ2v) is 7.41. The fourth-order valence-corrected chi connectivity index (χ4v) is 3.26. The van der Waals surface area contributed by atoms with E-state index in [1.54, 1.807) is 7.05 Å². The molecule has 3 N–H and O–H groups in total. The van der Waals surface area contributed by atoms with Gasteiger partial charge in [0, 0.05) is 38.8 Å². The first-order valence-corrected chi connectivity index (χ1v) is 10.1. The molecule has 1 aromatic carbocycles. The molecule has 1 rings (SSSR count). The predicted octanol–water partition coefficient (Wildman–Crippen LogP) is 1.62.